The minimum absolute atomic E-state index is 0.278. The van der Waals surface area contributed by atoms with Crippen LogP contribution in [0.5, 0.6) is 5.75 Å². The van der Waals surface area contributed by atoms with Crippen LogP contribution >= 0.6 is 0 Å². The van der Waals surface area contributed by atoms with Gasteiger partial charge in [-0.25, -0.2) is 0 Å². The van der Waals surface area contributed by atoms with Gasteiger partial charge in [-0.1, -0.05) is 18.2 Å². The van der Waals surface area contributed by atoms with Crippen LogP contribution in [-0.2, 0) is 0 Å². The van der Waals surface area contributed by atoms with Crippen LogP contribution in [0.15, 0.2) is 24.3 Å². The molecule has 0 radical (unpaired) electrons. The molecule has 0 spiro atoms. The highest BCUT2D eigenvalue weighted by molar-refractivity contribution is 5.34. The predicted molar refractivity (Wildman–Crippen MR) is 70.2 cm³/mol. The van der Waals surface area contributed by atoms with Crippen LogP contribution in [0.4, 0.5) is 0 Å². The van der Waals surface area contributed by atoms with Crippen LogP contribution < -0.4 is 0 Å². The number of nitrogens with zero attached hydrogens (tertiary/aromatic N) is 2. The molecular formula is C14H22N2O. The van der Waals surface area contributed by atoms with Crippen LogP contribution in [0.25, 0.3) is 0 Å². The van der Waals surface area contributed by atoms with E-state index in [1.54, 1.807) is 6.07 Å². The molecule has 1 N–H and O–H groups in total. The topological polar surface area (TPSA) is 26.7 Å². The molecule has 0 amide bonds. The highest BCUT2D eigenvalue weighted by Gasteiger charge is 2.27. The van der Waals surface area contributed by atoms with Crippen LogP contribution in [-0.4, -0.2) is 47.6 Å². The summed E-state index contributed by atoms with van der Waals surface area (Å²) in [6, 6.07) is 8.46. The van der Waals surface area contributed by atoms with E-state index >= 15 is 0 Å². The van der Waals surface area contributed by atoms with Crippen molar-refractivity contribution in [3.63, 3.8) is 0 Å². The van der Waals surface area contributed by atoms with Gasteiger partial charge in [-0.15, -0.1) is 0 Å². The Bertz CT molecular complexity index is 380. The summed E-state index contributed by atoms with van der Waals surface area (Å²) in [5.41, 5.74) is 1.03. The third-order valence-electron chi connectivity index (χ3n) is 3.77. The fourth-order valence-electron chi connectivity index (χ4n) is 2.75. The standard InChI is InChI=1S/C14H22N2O/c1-11-10-15(3)8-9-16(11)12(2)13-6-4-5-7-14(13)17/h4-7,11-12,17H,8-10H2,1-3H3. The Hall–Kier alpha value is -1.06. The summed E-state index contributed by atoms with van der Waals surface area (Å²) in [4.78, 5) is 4.83. The molecule has 0 saturated carbocycles. The summed E-state index contributed by atoms with van der Waals surface area (Å²) < 4.78 is 0. The first-order valence-electron chi connectivity index (χ1n) is 6.31. The van der Waals surface area contributed by atoms with E-state index in [1.165, 1.54) is 0 Å². The fraction of sp³-hybridized carbons (Fsp3) is 0.571. The first-order valence-corrected chi connectivity index (χ1v) is 6.31. The fourth-order valence-corrected chi connectivity index (χ4v) is 2.75. The van der Waals surface area contributed by atoms with Gasteiger partial charge in [0.15, 0.2) is 0 Å². The molecule has 3 nitrogen and oxygen atoms in total. The molecule has 1 heterocycles. The lowest BCUT2D eigenvalue weighted by Gasteiger charge is -2.42. The van der Waals surface area contributed by atoms with Crippen LogP contribution in [0.1, 0.15) is 25.5 Å². The van der Waals surface area contributed by atoms with E-state index in [2.05, 4.69) is 30.7 Å². The number of phenolic OH excluding ortho intramolecular Hbond substituents is 1. The molecule has 1 aromatic carbocycles. The summed E-state index contributed by atoms with van der Waals surface area (Å²) in [6.45, 7) is 7.69. The molecule has 3 heteroatoms. The van der Waals surface area contributed by atoms with E-state index < -0.39 is 0 Å². The zero-order chi connectivity index (χ0) is 12.4. The number of hydrogen-bond donors (Lipinski definition) is 1. The number of para-hydroxylation sites is 1. The van der Waals surface area contributed by atoms with Gasteiger partial charge in [0.05, 0.1) is 0 Å². The number of likely N-dealkylation sites (N-methyl/N-ethyl adjacent to an activating group) is 1. The van der Waals surface area contributed by atoms with E-state index in [4.69, 9.17) is 0 Å². The van der Waals surface area contributed by atoms with Crippen LogP contribution in [0.3, 0.4) is 0 Å². The van der Waals surface area contributed by atoms with E-state index in [-0.39, 0.29) is 6.04 Å². The van der Waals surface area contributed by atoms with Crippen molar-refractivity contribution in [3.8, 4) is 5.75 Å². The third kappa shape index (κ3) is 2.61. The Kier molecular flexibility index (Phi) is 3.69. The molecule has 1 aliphatic rings. The van der Waals surface area contributed by atoms with E-state index in [0.29, 0.717) is 11.8 Å². The van der Waals surface area contributed by atoms with Gasteiger partial charge in [-0.05, 0) is 27.0 Å². The minimum Gasteiger partial charge on any atom is -0.508 e. The number of piperazine rings is 1. The molecule has 0 bridgehead atoms. The number of hydrogen-bond acceptors (Lipinski definition) is 3. The van der Waals surface area contributed by atoms with Gasteiger partial charge < -0.3 is 10.0 Å². The zero-order valence-corrected chi connectivity index (χ0v) is 10.9. The molecule has 0 aliphatic carbocycles. The molecule has 2 atom stereocenters. The first kappa shape index (κ1) is 12.4. The Morgan fingerprint density at radius 2 is 2.00 bits per heavy atom. The van der Waals surface area contributed by atoms with Gasteiger partial charge in [0.2, 0.25) is 0 Å². The van der Waals surface area contributed by atoms with Gasteiger partial charge >= 0.3 is 0 Å². The van der Waals surface area contributed by atoms with Crippen molar-refractivity contribution in [2.45, 2.75) is 25.9 Å². The Balaban J connectivity index is 2.15. The smallest absolute Gasteiger partial charge is 0.120 e. The maximum absolute atomic E-state index is 9.91. The molecule has 94 valence electrons. The monoisotopic (exact) mass is 234 g/mol. The van der Waals surface area contributed by atoms with Gasteiger partial charge in [-0.3, -0.25) is 4.90 Å². The second-order valence-corrected chi connectivity index (χ2v) is 5.08. The van der Waals surface area contributed by atoms with Gasteiger partial charge in [0, 0.05) is 37.3 Å². The molecular weight excluding hydrogens is 212 g/mol. The second kappa shape index (κ2) is 5.07. The summed E-state index contributed by atoms with van der Waals surface area (Å²) in [5.74, 6) is 0.408. The molecule has 1 aromatic rings. The Morgan fingerprint density at radius 1 is 1.29 bits per heavy atom. The Labute approximate surface area is 104 Å². The second-order valence-electron chi connectivity index (χ2n) is 5.08. The number of rotatable bonds is 2. The van der Waals surface area contributed by atoms with E-state index in [9.17, 15) is 5.11 Å². The van der Waals surface area contributed by atoms with Crippen LogP contribution in [0.2, 0.25) is 0 Å². The molecule has 2 rings (SSSR count). The van der Waals surface area contributed by atoms with Gasteiger partial charge in [0.25, 0.3) is 0 Å². The highest BCUT2D eigenvalue weighted by Crippen LogP contribution is 2.30. The molecule has 2 unspecified atom stereocenters. The van der Waals surface area contributed by atoms with Gasteiger partial charge in [-0.2, -0.15) is 0 Å². The molecule has 1 aliphatic heterocycles. The number of benzene rings is 1. The van der Waals surface area contributed by atoms with Crippen molar-refractivity contribution in [3.05, 3.63) is 29.8 Å². The molecule has 1 saturated heterocycles. The summed E-state index contributed by atoms with van der Waals surface area (Å²) in [6.07, 6.45) is 0. The first-order chi connectivity index (χ1) is 8.09. The van der Waals surface area contributed by atoms with Crippen molar-refractivity contribution in [2.24, 2.45) is 0 Å². The average molecular weight is 234 g/mol. The normalized spacial score (nSPS) is 24.8. The maximum Gasteiger partial charge on any atom is 0.120 e. The van der Waals surface area contributed by atoms with Gasteiger partial charge in [0.1, 0.15) is 5.75 Å². The lowest BCUT2D eigenvalue weighted by atomic mass is 10.0. The third-order valence-corrected chi connectivity index (χ3v) is 3.77. The van der Waals surface area contributed by atoms with Crippen molar-refractivity contribution < 1.29 is 5.11 Å². The van der Waals surface area contributed by atoms with Crippen molar-refractivity contribution in [1.29, 1.82) is 0 Å². The minimum atomic E-state index is 0.278. The van der Waals surface area contributed by atoms with Crippen molar-refractivity contribution in [1.82, 2.24) is 9.80 Å². The van der Waals surface area contributed by atoms with E-state index in [1.807, 2.05) is 18.2 Å². The predicted octanol–water partition coefficient (Wildman–Crippen LogP) is 2.09. The quantitative estimate of drug-likeness (QED) is 0.849. The SMILES string of the molecule is CC1CN(C)CCN1C(C)c1ccccc1O. The summed E-state index contributed by atoms with van der Waals surface area (Å²) in [5, 5.41) is 9.91. The number of phenols is 1. The van der Waals surface area contributed by atoms with E-state index in [0.717, 1.165) is 25.2 Å². The molecule has 1 fully saturated rings. The highest BCUT2D eigenvalue weighted by atomic mass is 16.3. The van der Waals surface area contributed by atoms with Crippen molar-refractivity contribution >= 4 is 0 Å². The lowest BCUT2D eigenvalue weighted by Crippen LogP contribution is -2.51. The summed E-state index contributed by atoms with van der Waals surface area (Å²) in [7, 11) is 2.17. The molecule has 0 aromatic heterocycles. The van der Waals surface area contributed by atoms with Crippen LogP contribution in [0, 0.1) is 0 Å². The number of aromatic hydroxyl groups is 1. The van der Waals surface area contributed by atoms with Crippen molar-refractivity contribution in [2.75, 3.05) is 26.7 Å². The largest absolute Gasteiger partial charge is 0.508 e. The average Bonchev–Trinajstić information content (AvgIpc) is 2.29. The Morgan fingerprint density at radius 3 is 2.65 bits per heavy atom. The zero-order valence-electron chi connectivity index (χ0n) is 10.9. The lowest BCUT2D eigenvalue weighted by molar-refractivity contribution is 0.0665. The molecule has 17 heavy (non-hydrogen) atoms. The summed E-state index contributed by atoms with van der Waals surface area (Å²) >= 11 is 0. The maximum atomic E-state index is 9.91.